The summed E-state index contributed by atoms with van der Waals surface area (Å²) in [5, 5.41) is 4.94. The summed E-state index contributed by atoms with van der Waals surface area (Å²) >= 11 is 4.12. The molecule has 0 radical (unpaired) electrons. The zero-order valence-electron chi connectivity index (χ0n) is 15.7. The molecule has 152 valence electrons. The number of nitrogens with zero attached hydrogens (tertiary/aromatic N) is 2. The standard InChI is InChI=1S/C20H16N4O3S3/c1-24-19(27)16-13(14-8-5-9-28-14)10-29-18(16)21-20(24)30-11-15(25)22-23-17(26)12-6-3-2-4-7-12/h2-10H,11H2,1H3,(H,22,25)(H,23,26). The zero-order chi connectivity index (χ0) is 21.1. The van der Waals surface area contributed by atoms with E-state index in [1.807, 2.05) is 22.9 Å². The monoisotopic (exact) mass is 456 g/mol. The van der Waals surface area contributed by atoms with Gasteiger partial charge in [0.15, 0.2) is 5.16 Å². The summed E-state index contributed by atoms with van der Waals surface area (Å²) in [4.78, 5) is 43.2. The van der Waals surface area contributed by atoms with Crippen LogP contribution in [0, 0.1) is 0 Å². The Kier molecular flexibility index (Phi) is 5.98. The van der Waals surface area contributed by atoms with Crippen molar-refractivity contribution in [2.24, 2.45) is 7.05 Å². The minimum Gasteiger partial charge on any atom is -0.290 e. The van der Waals surface area contributed by atoms with Crippen LogP contribution in [0.25, 0.3) is 20.7 Å². The Morgan fingerprint density at radius 2 is 1.90 bits per heavy atom. The normalized spacial score (nSPS) is 10.8. The molecule has 0 unspecified atom stereocenters. The van der Waals surface area contributed by atoms with Gasteiger partial charge >= 0.3 is 0 Å². The third-order valence-electron chi connectivity index (χ3n) is 4.24. The molecule has 4 aromatic rings. The number of thiophene rings is 2. The number of hydrogen-bond donors (Lipinski definition) is 2. The van der Waals surface area contributed by atoms with Crippen molar-refractivity contribution in [2.75, 3.05) is 5.75 Å². The molecule has 0 aliphatic rings. The summed E-state index contributed by atoms with van der Waals surface area (Å²) < 4.78 is 1.45. The highest BCUT2D eigenvalue weighted by atomic mass is 32.2. The van der Waals surface area contributed by atoms with Crippen molar-refractivity contribution in [3.8, 4) is 10.4 Å². The van der Waals surface area contributed by atoms with Crippen LogP contribution in [0.15, 0.2) is 63.2 Å². The number of benzene rings is 1. The molecule has 0 saturated heterocycles. The molecule has 2 amide bonds. The van der Waals surface area contributed by atoms with E-state index < -0.39 is 11.8 Å². The minimum atomic E-state index is -0.402. The second-order valence-electron chi connectivity index (χ2n) is 6.22. The zero-order valence-corrected chi connectivity index (χ0v) is 18.2. The van der Waals surface area contributed by atoms with Gasteiger partial charge in [0.25, 0.3) is 11.5 Å². The van der Waals surface area contributed by atoms with Crippen molar-refractivity contribution in [1.29, 1.82) is 0 Å². The number of hydrazine groups is 1. The van der Waals surface area contributed by atoms with Gasteiger partial charge in [-0.1, -0.05) is 36.0 Å². The molecule has 0 bridgehead atoms. The van der Waals surface area contributed by atoms with Crippen molar-refractivity contribution in [3.05, 3.63) is 69.1 Å². The first-order valence-electron chi connectivity index (χ1n) is 8.83. The lowest BCUT2D eigenvalue weighted by Gasteiger charge is -2.09. The van der Waals surface area contributed by atoms with Crippen molar-refractivity contribution < 1.29 is 9.59 Å². The molecule has 7 nitrogen and oxygen atoms in total. The van der Waals surface area contributed by atoms with Crippen molar-refractivity contribution in [3.63, 3.8) is 0 Å². The van der Waals surface area contributed by atoms with E-state index in [2.05, 4.69) is 15.8 Å². The molecule has 10 heteroatoms. The van der Waals surface area contributed by atoms with Crippen molar-refractivity contribution in [2.45, 2.75) is 5.16 Å². The van der Waals surface area contributed by atoms with Crippen LogP contribution in [0.3, 0.4) is 0 Å². The van der Waals surface area contributed by atoms with Gasteiger partial charge in [-0.05, 0) is 23.6 Å². The smallest absolute Gasteiger partial charge is 0.269 e. The Balaban J connectivity index is 1.44. The molecule has 0 aliphatic heterocycles. The highest BCUT2D eigenvalue weighted by Crippen LogP contribution is 2.34. The molecule has 0 aliphatic carbocycles. The molecule has 2 N–H and O–H groups in total. The lowest BCUT2D eigenvalue weighted by Crippen LogP contribution is -2.42. The maximum Gasteiger partial charge on any atom is 0.269 e. The van der Waals surface area contributed by atoms with Crippen LogP contribution >= 0.6 is 34.4 Å². The summed E-state index contributed by atoms with van der Waals surface area (Å²) in [6, 6.07) is 12.5. The largest absolute Gasteiger partial charge is 0.290 e. The maximum atomic E-state index is 12.9. The molecule has 3 heterocycles. The van der Waals surface area contributed by atoms with E-state index >= 15 is 0 Å². The number of thioether (sulfide) groups is 1. The quantitative estimate of drug-likeness (QED) is 0.273. The number of carbonyl (C=O) groups excluding carboxylic acids is 2. The molecule has 30 heavy (non-hydrogen) atoms. The van der Waals surface area contributed by atoms with Gasteiger partial charge in [0, 0.05) is 28.4 Å². The molecule has 4 rings (SSSR count). The topological polar surface area (TPSA) is 93.1 Å². The number of amides is 2. The van der Waals surface area contributed by atoms with E-state index in [0.29, 0.717) is 20.9 Å². The Morgan fingerprint density at radius 1 is 1.10 bits per heavy atom. The van der Waals surface area contributed by atoms with Gasteiger partial charge in [-0.2, -0.15) is 0 Å². The molecule has 0 spiro atoms. The second-order valence-corrected chi connectivity index (χ2v) is 8.97. The predicted octanol–water partition coefficient (Wildman–Crippen LogP) is 3.28. The van der Waals surface area contributed by atoms with Crippen molar-refractivity contribution in [1.82, 2.24) is 20.4 Å². The van der Waals surface area contributed by atoms with E-state index in [9.17, 15) is 14.4 Å². The SMILES string of the molecule is Cn1c(SCC(=O)NNC(=O)c2ccccc2)nc2scc(-c3cccs3)c2c1=O. The molecular formula is C20H16N4O3S3. The third kappa shape index (κ3) is 4.16. The fraction of sp³-hybridized carbons (Fsp3) is 0.100. The fourth-order valence-electron chi connectivity index (χ4n) is 2.75. The van der Waals surface area contributed by atoms with Gasteiger partial charge in [-0.15, -0.1) is 22.7 Å². The van der Waals surface area contributed by atoms with E-state index in [1.54, 1.807) is 48.7 Å². The van der Waals surface area contributed by atoms with Gasteiger partial charge in [0.05, 0.1) is 11.1 Å². The van der Waals surface area contributed by atoms with Crippen LogP contribution in [0.2, 0.25) is 0 Å². The van der Waals surface area contributed by atoms with Crippen LogP contribution in [0.4, 0.5) is 0 Å². The Hall–Kier alpha value is -2.95. The minimum absolute atomic E-state index is 0.00398. The number of aromatic nitrogens is 2. The summed E-state index contributed by atoms with van der Waals surface area (Å²) in [5.74, 6) is -0.797. The first-order chi connectivity index (χ1) is 14.5. The number of carbonyl (C=O) groups is 2. The van der Waals surface area contributed by atoms with Gasteiger partial charge < -0.3 is 0 Å². The van der Waals surface area contributed by atoms with Gasteiger partial charge in [-0.25, -0.2) is 4.98 Å². The number of nitrogens with one attached hydrogen (secondary N) is 2. The van der Waals surface area contributed by atoms with Crippen LogP contribution in [-0.4, -0.2) is 27.1 Å². The number of hydrogen-bond acceptors (Lipinski definition) is 7. The van der Waals surface area contributed by atoms with Crippen LogP contribution in [0.5, 0.6) is 0 Å². The lowest BCUT2D eigenvalue weighted by molar-refractivity contribution is -0.119. The van der Waals surface area contributed by atoms with Crippen LogP contribution in [-0.2, 0) is 11.8 Å². The predicted molar refractivity (Wildman–Crippen MR) is 121 cm³/mol. The van der Waals surface area contributed by atoms with E-state index in [-0.39, 0.29) is 11.3 Å². The Bertz CT molecular complexity index is 1260. The van der Waals surface area contributed by atoms with E-state index in [4.69, 9.17) is 0 Å². The second kappa shape index (κ2) is 8.82. The molecule has 0 fully saturated rings. The average molecular weight is 457 g/mol. The van der Waals surface area contributed by atoms with E-state index in [0.717, 1.165) is 22.2 Å². The van der Waals surface area contributed by atoms with Gasteiger partial charge in [0.1, 0.15) is 4.83 Å². The van der Waals surface area contributed by atoms with Crippen LogP contribution < -0.4 is 16.4 Å². The summed E-state index contributed by atoms with van der Waals surface area (Å²) in [5.41, 5.74) is 5.93. The summed E-state index contributed by atoms with van der Waals surface area (Å²) in [6.07, 6.45) is 0. The van der Waals surface area contributed by atoms with Gasteiger partial charge in [-0.3, -0.25) is 29.8 Å². The molecule has 3 aromatic heterocycles. The molecule has 0 saturated carbocycles. The molecule has 1 aromatic carbocycles. The van der Waals surface area contributed by atoms with Gasteiger partial charge in [0.2, 0.25) is 5.91 Å². The van der Waals surface area contributed by atoms with Crippen LogP contribution in [0.1, 0.15) is 10.4 Å². The van der Waals surface area contributed by atoms with E-state index in [1.165, 1.54) is 15.9 Å². The fourth-order valence-corrected chi connectivity index (χ4v) is 5.32. The highest BCUT2D eigenvalue weighted by molar-refractivity contribution is 7.99. The lowest BCUT2D eigenvalue weighted by atomic mass is 10.2. The molecular weight excluding hydrogens is 440 g/mol. The maximum absolute atomic E-state index is 12.9. The highest BCUT2D eigenvalue weighted by Gasteiger charge is 2.17. The third-order valence-corrected chi connectivity index (χ3v) is 7.05. The average Bonchev–Trinajstić information content (AvgIpc) is 3.44. The summed E-state index contributed by atoms with van der Waals surface area (Å²) in [7, 11) is 1.64. The first-order valence-corrected chi connectivity index (χ1v) is 11.6. The Morgan fingerprint density at radius 3 is 2.63 bits per heavy atom. The van der Waals surface area contributed by atoms with Crippen molar-refractivity contribution >= 4 is 56.5 Å². The Labute approximate surface area is 183 Å². The number of fused-ring (bicyclic) bond motifs is 1. The number of rotatable bonds is 5. The first kappa shape index (κ1) is 20.3. The molecule has 0 atom stereocenters. The summed E-state index contributed by atoms with van der Waals surface area (Å²) in [6.45, 7) is 0.